The smallest absolute Gasteiger partial charge is 0.206 e. The van der Waals surface area contributed by atoms with Crippen LogP contribution < -0.4 is 16.6 Å². The number of nitrogens with one attached hydrogen (secondary N) is 2. The average Bonchev–Trinajstić information content (AvgIpc) is 2.14. The molecule has 1 aliphatic carbocycles. The first-order valence-corrected chi connectivity index (χ1v) is 6.24. The molecule has 1 rings (SSSR count). The lowest BCUT2D eigenvalue weighted by molar-refractivity contribution is 0.221. The molecule has 0 aromatic rings. The van der Waals surface area contributed by atoms with Crippen molar-refractivity contribution < 1.29 is 0 Å². The van der Waals surface area contributed by atoms with Crippen LogP contribution in [-0.2, 0) is 0 Å². The highest BCUT2D eigenvalue weighted by Crippen LogP contribution is 2.36. The van der Waals surface area contributed by atoms with Crippen molar-refractivity contribution in [3.8, 4) is 0 Å². The molecule has 0 spiro atoms. The second-order valence-corrected chi connectivity index (χ2v) is 5.84. The van der Waals surface area contributed by atoms with Gasteiger partial charge in [-0.05, 0) is 38.5 Å². The molecular weight excluding hydrogens is 200 g/mol. The quantitative estimate of drug-likeness (QED) is 0.291. The minimum absolute atomic E-state index is 0.353. The standard InChI is InChI=1S/C12H26N4/c1-9(2)14-11(16-13)15-10-6-5-7-12(3,4)8-10/h9-10H,5-8,13H2,1-4H3,(H2,14,15,16). The molecule has 4 N–H and O–H groups in total. The van der Waals surface area contributed by atoms with Crippen molar-refractivity contribution in [2.45, 2.75) is 65.5 Å². The van der Waals surface area contributed by atoms with Gasteiger partial charge in [0.05, 0.1) is 6.04 Å². The maximum Gasteiger partial charge on any atom is 0.206 e. The van der Waals surface area contributed by atoms with Crippen molar-refractivity contribution in [2.75, 3.05) is 0 Å². The number of guanidine groups is 1. The third kappa shape index (κ3) is 4.39. The summed E-state index contributed by atoms with van der Waals surface area (Å²) in [5.41, 5.74) is 3.07. The van der Waals surface area contributed by atoms with Gasteiger partial charge in [-0.25, -0.2) is 10.8 Å². The molecule has 0 bridgehead atoms. The normalized spacial score (nSPS) is 25.6. The van der Waals surface area contributed by atoms with Crippen molar-refractivity contribution >= 4 is 5.96 Å². The largest absolute Gasteiger partial charge is 0.353 e. The summed E-state index contributed by atoms with van der Waals surface area (Å²) in [6.45, 7) is 8.80. The Morgan fingerprint density at radius 3 is 2.62 bits per heavy atom. The predicted octanol–water partition coefficient (Wildman–Crippen LogP) is 1.77. The fourth-order valence-electron chi connectivity index (χ4n) is 2.34. The molecule has 94 valence electrons. The van der Waals surface area contributed by atoms with E-state index in [2.05, 4.69) is 43.4 Å². The molecule has 0 heterocycles. The summed E-state index contributed by atoms with van der Waals surface area (Å²) in [5, 5.41) is 3.22. The number of rotatable bonds is 2. The lowest BCUT2D eigenvalue weighted by Crippen LogP contribution is -2.45. The van der Waals surface area contributed by atoms with Crippen LogP contribution in [0, 0.1) is 5.41 Å². The van der Waals surface area contributed by atoms with Crippen LogP contribution in [0.15, 0.2) is 4.99 Å². The summed E-state index contributed by atoms with van der Waals surface area (Å²) in [4.78, 5) is 4.66. The van der Waals surface area contributed by atoms with E-state index in [1.807, 2.05) is 0 Å². The number of hydrogen-bond acceptors (Lipinski definition) is 2. The zero-order chi connectivity index (χ0) is 12.2. The Morgan fingerprint density at radius 2 is 2.12 bits per heavy atom. The zero-order valence-corrected chi connectivity index (χ0v) is 11.0. The van der Waals surface area contributed by atoms with Gasteiger partial charge in [-0.1, -0.05) is 20.3 Å². The summed E-state index contributed by atoms with van der Waals surface area (Å²) >= 11 is 0. The van der Waals surface area contributed by atoms with Crippen molar-refractivity contribution in [1.29, 1.82) is 0 Å². The van der Waals surface area contributed by atoms with E-state index in [0.717, 1.165) is 12.4 Å². The molecule has 0 radical (unpaired) electrons. The maximum absolute atomic E-state index is 5.46. The molecule has 1 unspecified atom stereocenters. The number of hydrazine groups is 1. The summed E-state index contributed by atoms with van der Waals surface area (Å²) in [6.07, 6.45) is 4.90. The van der Waals surface area contributed by atoms with Gasteiger partial charge in [0.1, 0.15) is 0 Å². The molecule has 1 saturated carbocycles. The van der Waals surface area contributed by atoms with Crippen LogP contribution in [0.1, 0.15) is 53.4 Å². The first kappa shape index (κ1) is 13.3. The summed E-state index contributed by atoms with van der Waals surface area (Å²) < 4.78 is 0. The predicted molar refractivity (Wildman–Crippen MR) is 69.1 cm³/mol. The summed E-state index contributed by atoms with van der Waals surface area (Å²) in [6, 6.07) is 0.757. The highest BCUT2D eigenvalue weighted by atomic mass is 15.3. The van der Waals surface area contributed by atoms with E-state index in [-0.39, 0.29) is 0 Å². The number of nitrogens with zero attached hydrogens (tertiary/aromatic N) is 1. The Balaban J connectivity index is 2.58. The molecule has 4 nitrogen and oxygen atoms in total. The van der Waals surface area contributed by atoms with E-state index in [9.17, 15) is 0 Å². The summed E-state index contributed by atoms with van der Waals surface area (Å²) in [5.74, 6) is 6.18. The van der Waals surface area contributed by atoms with Gasteiger partial charge >= 0.3 is 0 Å². The fraction of sp³-hybridized carbons (Fsp3) is 0.917. The minimum atomic E-state index is 0.353. The van der Waals surface area contributed by atoms with Crippen molar-refractivity contribution in [3.05, 3.63) is 0 Å². The van der Waals surface area contributed by atoms with Gasteiger partial charge in [-0.15, -0.1) is 0 Å². The topological polar surface area (TPSA) is 62.4 Å². The third-order valence-electron chi connectivity index (χ3n) is 3.05. The molecule has 0 saturated heterocycles. The maximum atomic E-state index is 5.46. The third-order valence-corrected chi connectivity index (χ3v) is 3.05. The molecule has 1 fully saturated rings. The Morgan fingerprint density at radius 1 is 1.44 bits per heavy atom. The van der Waals surface area contributed by atoms with Crippen LogP contribution in [0.4, 0.5) is 0 Å². The second kappa shape index (κ2) is 5.53. The highest BCUT2D eigenvalue weighted by molar-refractivity contribution is 5.79. The van der Waals surface area contributed by atoms with Gasteiger partial charge < -0.3 is 5.32 Å². The zero-order valence-electron chi connectivity index (χ0n) is 11.0. The Kier molecular flexibility index (Phi) is 4.59. The van der Waals surface area contributed by atoms with Crippen LogP contribution in [0.3, 0.4) is 0 Å². The fourth-order valence-corrected chi connectivity index (χ4v) is 2.34. The molecule has 0 aromatic heterocycles. The van der Waals surface area contributed by atoms with Gasteiger partial charge in [0.25, 0.3) is 0 Å². The molecule has 16 heavy (non-hydrogen) atoms. The average molecular weight is 226 g/mol. The number of hydrogen-bond donors (Lipinski definition) is 3. The van der Waals surface area contributed by atoms with Crippen LogP contribution in [0.25, 0.3) is 0 Å². The lowest BCUT2D eigenvalue weighted by Gasteiger charge is -2.33. The Bertz CT molecular complexity index is 245. The first-order valence-electron chi connectivity index (χ1n) is 6.24. The Hall–Kier alpha value is -0.770. The molecule has 0 amide bonds. The monoisotopic (exact) mass is 226 g/mol. The van der Waals surface area contributed by atoms with Crippen LogP contribution >= 0.6 is 0 Å². The van der Waals surface area contributed by atoms with Gasteiger partial charge in [0.2, 0.25) is 5.96 Å². The highest BCUT2D eigenvalue weighted by Gasteiger charge is 2.27. The van der Waals surface area contributed by atoms with Gasteiger partial charge in [0, 0.05) is 6.04 Å². The van der Waals surface area contributed by atoms with E-state index >= 15 is 0 Å². The van der Waals surface area contributed by atoms with Gasteiger partial charge in [0.15, 0.2) is 0 Å². The molecule has 0 aliphatic heterocycles. The molecule has 0 aromatic carbocycles. The van der Waals surface area contributed by atoms with E-state index < -0.39 is 0 Å². The second-order valence-electron chi connectivity index (χ2n) is 5.84. The molecular formula is C12H26N4. The van der Waals surface area contributed by atoms with E-state index in [0.29, 0.717) is 17.5 Å². The van der Waals surface area contributed by atoms with Crippen LogP contribution in [0.2, 0.25) is 0 Å². The summed E-state index contributed by atoms with van der Waals surface area (Å²) in [7, 11) is 0. The SMILES string of the molecule is CC(C)NC(=NC1CCCC(C)(C)C1)NN. The minimum Gasteiger partial charge on any atom is -0.353 e. The van der Waals surface area contributed by atoms with Crippen LogP contribution in [0.5, 0.6) is 0 Å². The van der Waals surface area contributed by atoms with E-state index in [1.54, 1.807) is 0 Å². The first-order chi connectivity index (χ1) is 7.43. The van der Waals surface area contributed by atoms with Crippen molar-refractivity contribution in [2.24, 2.45) is 16.3 Å². The van der Waals surface area contributed by atoms with Crippen molar-refractivity contribution in [1.82, 2.24) is 10.7 Å². The van der Waals surface area contributed by atoms with E-state index in [4.69, 9.17) is 5.84 Å². The Labute approximate surface area is 99.1 Å². The number of aliphatic imine (C=N–C) groups is 1. The van der Waals surface area contributed by atoms with Crippen molar-refractivity contribution in [3.63, 3.8) is 0 Å². The van der Waals surface area contributed by atoms with Gasteiger partial charge in [-0.2, -0.15) is 0 Å². The van der Waals surface area contributed by atoms with E-state index in [1.165, 1.54) is 19.3 Å². The number of nitrogens with two attached hydrogens (primary N) is 1. The molecule has 1 atom stereocenters. The van der Waals surface area contributed by atoms with Crippen LogP contribution in [-0.4, -0.2) is 18.0 Å². The molecule has 4 heteroatoms. The lowest BCUT2D eigenvalue weighted by atomic mass is 9.75. The van der Waals surface area contributed by atoms with Gasteiger partial charge in [-0.3, -0.25) is 5.43 Å². The molecule has 1 aliphatic rings.